The third kappa shape index (κ3) is 4.68. The number of aromatic nitrogens is 4. The molecular formula is C29H28N6O4. The van der Waals surface area contributed by atoms with E-state index in [9.17, 15) is 9.59 Å². The lowest BCUT2D eigenvalue weighted by Crippen LogP contribution is -2.35. The Balaban J connectivity index is 1.35. The third-order valence-corrected chi connectivity index (χ3v) is 6.89. The number of nitrogens with zero attached hydrogens (tertiary/aromatic N) is 4. The molecule has 198 valence electrons. The van der Waals surface area contributed by atoms with Gasteiger partial charge in [-0.3, -0.25) is 4.79 Å². The summed E-state index contributed by atoms with van der Waals surface area (Å²) in [6, 6.07) is 13.6. The van der Waals surface area contributed by atoms with E-state index in [-0.39, 0.29) is 17.4 Å². The van der Waals surface area contributed by atoms with Gasteiger partial charge in [-0.05, 0) is 51.1 Å². The van der Waals surface area contributed by atoms with Crippen LogP contribution in [0.3, 0.4) is 0 Å². The van der Waals surface area contributed by atoms with Crippen LogP contribution < -0.4 is 16.3 Å². The van der Waals surface area contributed by atoms with E-state index in [1.54, 1.807) is 12.3 Å². The molecule has 2 aromatic carbocycles. The van der Waals surface area contributed by atoms with Crippen molar-refractivity contribution in [1.82, 2.24) is 24.8 Å². The van der Waals surface area contributed by atoms with E-state index in [2.05, 4.69) is 45.1 Å². The van der Waals surface area contributed by atoms with E-state index in [4.69, 9.17) is 14.1 Å². The Bertz CT molecular complexity index is 1770. The summed E-state index contributed by atoms with van der Waals surface area (Å²) in [6.45, 7) is 7.32. The Morgan fingerprint density at radius 1 is 1.15 bits per heavy atom. The Labute approximate surface area is 224 Å². The number of rotatable bonds is 6. The maximum absolute atomic E-state index is 12.8. The van der Waals surface area contributed by atoms with Gasteiger partial charge in [-0.2, -0.15) is 0 Å². The van der Waals surface area contributed by atoms with Crippen LogP contribution in [0.25, 0.3) is 33.3 Å². The number of morpholine rings is 1. The number of imidazole rings is 1. The van der Waals surface area contributed by atoms with Crippen LogP contribution >= 0.6 is 0 Å². The van der Waals surface area contributed by atoms with Crippen molar-refractivity contribution in [2.24, 2.45) is 0 Å². The number of nitrogens with one attached hydrogen (secondary N) is 2. The lowest BCUT2D eigenvalue weighted by atomic mass is 9.96. The first-order valence-electron chi connectivity index (χ1n) is 12.9. The van der Waals surface area contributed by atoms with Crippen molar-refractivity contribution in [1.29, 1.82) is 0 Å². The minimum Gasteiger partial charge on any atom is -0.422 e. The van der Waals surface area contributed by atoms with Crippen molar-refractivity contribution in [3.05, 3.63) is 76.5 Å². The Hall–Kier alpha value is -4.41. The molecular weight excluding hydrogens is 496 g/mol. The second kappa shape index (κ2) is 10.0. The average molecular weight is 525 g/mol. The van der Waals surface area contributed by atoms with E-state index in [0.29, 0.717) is 47.9 Å². The van der Waals surface area contributed by atoms with Crippen molar-refractivity contribution in [2.45, 2.75) is 32.9 Å². The van der Waals surface area contributed by atoms with Crippen molar-refractivity contribution in [3.63, 3.8) is 0 Å². The zero-order chi connectivity index (χ0) is 27.1. The van der Waals surface area contributed by atoms with E-state index in [1.807, 2.05) is 36.7 Å². The molecule has 0 saturated carbocycles. The van der Waals surface area contributed by atoms with E-state index in [1.165, 1.54) is 6.92 Å². The van der Waals surface area contributed by atoms with Crippen molar-refractivity contribution in [3.8, 4) is 11.3 Å². The molecule has 1 saturated heterocycles. The molecule has 0 amide bonds. The van der Waals surface area contributed by atoms with Gasteiger partial charge in [-0.1, -0.05) is 6.07 Å². The summed E-state index contributed by atoms with van der Waals surface area (Å²) in [6.07, 6.45) is 3.12. The number of Topliss-reactive ketones (excluding diaryl/α,β-unsaturated/α-hetero) is 1. The van der Waals surface area contributed by atoms with Gasteiger partial charge in [-0.15, -0.1) is 0 Å². The van der Waals surface area contributed by atoms with Gasteiger partial charge in [0, 0.05) is 53.6 Å². The Morgan fingerprint density at radius 3 is 2.79 bits per heavy atom. The first kappa shape index (κ1) is 24.9. The first-order valence-corrected chi connectivity index (χ1v) is 12.9. The zero-order valence-corrected chi connectivity index (χ0v) is 21.9. The number of fused-ring (bicyclic) bond motifs is 2. The number of benzene rings is 2. The number of hydrogen-bond acceptors (Lipinski definition) is 9. The molecule has 1 atom stereocenters. The molecule has 4 heterocycles. The summed E-state index contributed by atoms with van der Waals surface area (Å²) in [5.74, 6) is 0.0453. The van der Waals surface area contributed by atoms with Crippen LogP contribution in [0.5, 0.6) is 0 Å². The molecule has 39 heavy (non-hydrogen) atoms. The summed E-state index contributed by atoms with van der Waals surface area (Å²) in [4.78, 5) is 38.8. The lowest BCUT2D eigenvalue weighted by molar-refractivity contribution is 0.0277. The quantitative estimate of drug-likeness (QED) is 0.238. The largest absolute Gasteiger partial charge is 0.422 e. The van der Waals surface area contributed by atoms with Crippen LogP contribution in [-0.4, -0.2) is 45.0 Å². The number of carbonyl (C=O) groups is 1. The highest BCUT2D eigenvalue weighted by Gasteiger charge is 2.27. The SMILES string of the molecule is CC(=O)c1c(C2CNCCO2)c2ccc(Nc3nccc(-c4ccc5ncn(C(C)C)c5c4)n3)cc2oc1=O. The van der Waals surface area contributed by atoms with Gasteiger partial charge < -0.3 is 24.4 Å². The monoisotopic (exact) mass is 524 g/mol. The number of ketones is 1. The van der Waals surface area contributed by atoms with Crippen LogP contribution in [0.1, 0.15) is 48.8 Å². The van der Waals surface area contributed by atoms with Crippen LogP contribution in [0.4, 0.5) is 11.6 Å². The second-order valence-electron chi connectivity index (χ2n) is 9.85. The fourth-order valence-electron chi connectivity index (χ4n) is 5.03. The molecule has 3 aromatic heterocycles. The second-order valence-corrected chi connectivity index (χ2v) is 9.85. The molecule has 10 heteroatoms. The molecule has 2 N–H and O–H groups in total. The molecule has 1 fully saturated rings. The maximum Gasteiger partial charge on any atom is 0.347 e. The maximum atomic E-state index is 12.8. The molecule has 10 nitrogen and oxygen atoms in total. The molecule has 1 aliphatic heterocycles. The number of ether oxygens (including phenoxy) is 1. The van der Waals surface area contributed by atoms with Crippen LogP contribution in [0, 0.1) is 0 Å². The van der Waals surface area contributed by atoms with Crippen LogP contribution in [0.2, 0.25) is 0 Å². The van der Waals surface area contributed by atoms with E-state index < -0.39 is 11.7 Å². The molecule has 5 aromatic rings. The summed E-state index contributed by atoms with van der Waals surface area (Å²) in [7, 11) is 0. The molecule has 0 aliphatic carbocycles. The minimum atomic E-state index is -0.675. The summed E-state index contributed by atoms with van der Waals surface area (Å²) >= 11 is 0. The van der Waals surface area contributed by atoms with Crippen molar-refractivity contribution in [2.75, 3.05) is 25.0 Å². The van der Waals surface area contributed by atoms with E-state index in [0.717, 1.165) is 22.3 Å². The fourth-order valence-corrected chi connectivity index (χ4v) is 5.03. The average Bonchev–Trinajstić information content (AvgIpc) is 3.36. The number of anilines is 2. The molecule has 1 unspecified atom stereocenters. The minimum absolute atomic E-state index is 0.0312. The van der Waals surface area contributed by atoms with Gasteiger partial charge in [0.25, 0.3) is 0 Å². The van der Waals surface area contributed by atoms with Crippen LogP contribution in [0.15, 0.2) is 64.2 Å². The van der Waals surface area contributed by atoms with Gasteiger partial charge in [-0.25, -0.2) is 19.7 Å². The molecule has 0 radical (unpaired) electrons. The van der Waals surface area contributed by atoms with Gasteiger partial charge in [0.05, 0.1) is 35.8 Å². The molecule has 0 spiro atoms. The van der Waals surface area contributed by atoms with Gasteiger partial charge in [0.1, 0.15) is 11.1 Å². The summed E-state index contributed by atoms with van der Waals surface area (Å²) in [5, 5.41) is 7.13. The van der Waals surface area contributed by atoms with Crippen LogP contribution in [-0.2, 0) is 4.74 Å². The highest BCUT2D eigenvalue weighted by Crippen LogP contribution is 2.32. The van der Waals surface area contributed by atoms with Crippen molar-refractivity contribution < 1.29 is 13.9 Å². The van der Waals surface area contributed by atoms with Crippen molar-refractivity contribution >= 4 is 39.4 Å². The molecule has 6 rings (SSSR count). The topological polar surface area (TPSA) is 124 Å². The highest BCUT2D eigenvalue weighted by molar-refractivity contribution is 6.00. The zero-order valence-electron chi connectivity index (χ0n) is 21.9. The fraction of sp³-hybridized carbons (Fsp3) is 0.276. The molecule has 0 bridgehead atoms. The third-order valence-electron chi connectivity index (χ3n) is 6.89. The standard InChI is InChI=1S/C29H28N6O4/c1-16(2)35-15-32-22-7-4-18(12-23(22)35)21-8-9-31-29(34-21)33-19-5-6-20-24(13-19)39-28(37)26(17(3)36)27(20)25-14-30-10-11-38-25/h4-9,12-13,15-16,25,30H,10-11,14H2,1-3H3,(H,31,33,34). The normalized spacial score (nSPS) is 15.7. The predicted octanol–water partition coefficient (Wildman–Crippen LogP) is 4.79. The predicted molar refractivity (Wildman–Crippen MR) is 148 cm³/mol. The number of hydrogen-bond donors (Lipinski definition) is 2. The summed E-state index contributed by atoms with van der Waals surface area (Å²) < 4.78 is 13.6. The molecule has 1 aliphatic rings. The number of carbonyl (C=O) groups excluding carboxylic acids is 1. The highest BCUT2D eigenvalue weighted by atomic mass is 16.5. The lowest BCUT2D eigenvalue weighted by Gasteiger charge is -2.26. The van der Waals surface area contributed by atoms with Gasteiger partial charge in [0.2, 0.25) is 5.95 Å². The van der Waals surface area contributed by atoms with Gasteiger partial charge >= 0.3 is 5.63 Å². The Morgan fingerprint density at radius 2 is 2.03 bits per heavy atom. The van der Waals surface area contributed by atoms with E-state index >= 15 is 0 Å². The first-order chi connectivity index (χ1) is 18.9. The smallest absolute Gasteiger partial charge is 0.347 e. The summed E-state index contributed by atoms with van der Waals surface area (Å²) in [5.41, 5.74) is 4.58. The Kier molecular flexibility index (Phi) is 6.41. The van der Waals surface area contributed by atoms with Gasteiger partial charge in [0.15, 0.2) is 5.78 Å².